The molecule has 0 aromatic carbocycles. The Kier molecular flexibility index (Phi) is 8.24. The summed E-state index contributed by atoms with van der Waals surface area (Å²) in [7, 11) is 0. The topological polar surface area (TPSA) is 29.5 Å². The summed E-state index contributed by atoms with van der Waals surface area (Å²) in [5.41, 5.74) is 0. The van der Waals surface area contributed by atoms with Crippen molar-refractivity contribution in [1.29, 1.82) is 0 Å². The number of unbranched alkanes of at least 4 members (excludes halogenated alkanes) is 1. The van der Waals surface area contributed by atoms with Crippen molar-refractivity contribution >= 4 is 0 Å². The van der Waals surface area contributed by atoms with Crippen LogP contribution in [0.15, 0.2) is 12.3 Å². The Hall–Kier alpha value is -0.500. The molecule has 12 heavy (non-hydrogen) atoms. The fraction of sp³-hybridized carbons (Fsp3) is 0.800. The molecular formula is C10H20O2. The minimum Gasteiger partial charge on any atom is -0.499 e. The van der Waals surface area contributed by atoms with E-state index in [0.717, 1.165) is 0 Å². The van der Waals surface area contributed by atoms with Crippen LogP contribution in [0.1, 0.15) is 33.1 Å². The maximum absolute atomic E-state index is 8.41. The molecule has 1 unspecified atom stereocenters. The number of hydrogen-bond donors (Lipinski definition) is 1. The highest BCUT2D eigenvalue weighted by Gasteiger charge is 1.94. The van der Waals surface area contributed by atoms with Crippen molar-refractivity contribution in [3.63, 3.8) is 0 Å². The van der Waals surface area contributed by atoms with E-state index in [1.807, 2.05) is 6.08 Å². The van der Waals surface area contributed by atoms with E-state index in [2.05, 4.69) is 13.8 Å². The van der Waals surface area contributed by atoms with Crippen LogP contribution in [0.3, 0.4) is 0 Å². The molecule has 0 saturated heterocycles. The SMILES string of the molecule is CCCCC(C)/C=C/OCCO. The molecule has 0 bridgehead atoms. The third-order valence-electron chi connectivity index (χ3n) is 1.73. The van der Waals surface area contributed by atoms with E-state index in [-0.39, 0.29) is 6.61 Å². The van der Waals surface area contributed by atoms with Crippen LogP contribution in [0.2, 0.25) is 0 Å². The molecule has 0 amide bonds. The molecule has 0 aliphatic rings. The second-order valence-corrected chi connectivity index (χ2v) is 3.04. The first-order valence-corrected chi connectivity index (χ1v) is 4.70. The van der Waals surface area contributed by atoms with E-state index in [0.29, 0.717) is 12.5 Å². The van der Waals surface area contributed by atoms with Gasteiger partial charge >= 0.3 is 0 Å². The normalized spacial score (nSPS) is 13.6. The van der Waals surface area contributed by atoms with Gasteiger partial charge in [0.05, 0.1) is 12.9 Å². The van der Waals surface area contributed by atoms with E-state index >= 15 is 0 Å². The summed E-state index contributed by atoms with van der Waals surface area (Å²) in [5.74, 6) is 0.587. The van der Waals surface area contributed by atoms with Gasteiger partial charge in [0.2, 0.25) is 0 Å². The van der Waals surface area contributed by atoms with Crippen LogP contribution in [0.5, 0.6) is 0 Å². The minimum atomic E-state index is 0.0910. The largest absolute Gasteiger partial charge is 0.499 e. The molecule has 1 N–H and O–H groups in total. The van der Waals surface area contributed by atoms with Crippen molar-refractivity contribution in [2.75, 3.05) is 13.2 Å². The van der Waals surface area contributed by atoms with Gasteiger partial charge in [0.15, 0.2) is 0 Å². The number of aliphatic hydroxyl groups excluding tert-OH is 1. The molecule has 0 radical (unpaired) electrons. The summed E-state index contributed by atoms with van der Waals surface area (Å²) in [4.78, 5) is 0. The Bertz CT molecular complexity index is 110. The van der Waals surface area contributed by atoms with E-state index in [1.54, 1.807) is 6.26 Å². The van der Waals surface area contributed by atoms with Gasteiger partial charge in [0, 0.05) is 0 Å². The highest BCUT2D eigenvalue weighted by molar-refractivity contribution is 4.79. The zero-order valence-corrected chi connectivity index (χ0v) is 8.12. The molecule has 0 aliphatic heterocycles. The maximum Gasteiger partial charge on any atom is 0.110 e. The molecule has 0 spiro atoms. The molecule has 2 nitrogen and oxygen atoms in total. The first-order valence-electron chi connectivity index (χ1n) is 4.70. The van der Waals surface area contributed by atoms with Gasteiger partial charge in [-0.1, -0.05) is 26.7 Å². The van der Waals surface area contributed by atoms with Gasteiger partial charge in [-0.15, -0.1) is 0 Å². The first kappa shape index (κ1) is 11.5. The van der Waals surface area contributed by atoms with E-state index in [1.165, 1.54) is 19.3 Å². The van der Waals surface area contributed by atoms with Crippen molar-refractivity contribution in [2.45, 2.75) is 33.1 Å². The van der Waals surface area contributed by atoms with Crippen LogP contribution in [0.4, 0.5) is 0 Å². The van der Waals surface area contributed by atoms with Crippen LogP contribution in [-0.4, -0.2) is 18.3 Å². The van der Waals surface area contributed by atoms with Gasteiger partial charge in [-0.05, 0) is 18.4 Å². The van der Waals surface area contributed by atoms with Crippen molar-refractivity contribution < 1.29 is 9.84 Å². The first-order chi connectivity index (χ1) is 5.81. The summed E-state index contributed by atoms with van der Waals surface area (Å²) in [6, 6.07) is 0. The molecule has 0 heterocycles. The number of hydrogen-bond acceptors (Lipinski definition) is 2. The molecule has 2 heteroatoms. The molecule has 0 aromatic heterocycles. The summed E-state index contributed by atoms with van der Waals surface area (Å²) < 4.78 is 5.00. The predicted octanol–water partition coefficient (Wildman–Crippen LogP) is 2.34. The van der Waals surface area contributed by atoms with Crippen molar-refractivity contribution in [2.24, 2.45) is 5.92 Å². The fourth-order valence-electron chi connectivity index (χ4n) is 0.933. The Labute approximate surface area is 75.2 Å². The van der Waals surface area contributed by atoms with E-state index in [9.17, 15) is 0 Å². The van der Waals surface area contributed by atoms with Crippen LogP contribution in [-0.2, 0) is 4.74 Å². The van der Waals surface area contributed by atoms with Crippen LogP contribution in [0, 0.1) is 5.92 Å². The second-order valence-electron chi connectivity index (χ2n) is 3.04. The summed E-state index contributed by atoms with van der Waals surface area (Å²) in [6.45, 7) is 4.86. The van der Waals surface area contributed by atoms with Gasteiger partial charge in [0.25, 0.3) is 0 Å². The monoisotopic (exact) mass is 172 g/mol. The van der Waals surface area contributed by atoms with Gasteiger partial charge < -0.3 is 9.84 Å². The summed E-state index contributed by atoms with van der Waals surface area (Å²) in [5, 5.41) is 8.41. The molecule has 1 atom stereocenters. The summed E-state index contributed by atoms with van der Waals surface area (Å²) in [6.07, 6.45) is 7.47. The molecule has 0 aromatic rings. The highest BCUT2D eigenvalue weighted by atomic mass is 16.5. The Morgan fingerprint density at radius 3 is 2.83 bits per heavy atom. The zero-order chi connectivity index (χ0) is 9.23. The smallest absolute Gasteiger partial charge is 0.110 e. The molecule has 72 valence electrons. The number of ether oxygens (including phenoxy) is 1. The number of rotatable bonds is 7. The van der Waals surface area contributed by atoms with Crippen LogP contribution >= 0.6 is 0 Å². The highest BCUT2D eigenvalue weighted by Crippen LogP contribution is 2.08. The molecule has 0 saturated carbocycles. The average molecular weight is 172 g/mol. The third kappa shape index (κ3) is 7.61. The molecule has 0 rings (SSSR count). The molecule has 0 aliphatic carbocycles. The van der Waals surface area contributed by atoms with E-state index in [4.69, 9.17) is 9.84 Å². The zero-order valence-electron chi connectivity index (χ0n) is 8.12. The lowest BCUT2D eigenvalue weighted by Gasteiger charge is -2.03. The summed E-state index contributed by atoms with van der Waals surface area (Å²) >= 11 is 0. The maximum atomic E-state index is 8.41. The van der Waals surface area contributed by atoms with Gasteiger partial charge in [-0.2, -0.15) is 0 Å². The lowest BCUT2D eigenvalue weighted by Crippen LogP contribution is -1.94. The molecular weight excluding hydrogens is 152 g/mol. The Morgan fingerprint density at radius 2 is 2.25 bits per heavy atom. The lowest BCUT2D eigenvalue weighted by atomic mass is 10.1. The second kappa shape index (κ2) is 8.60. The van der Waals surface area contributed by atoms with Crippen molar-refractivity contribution in [3.05, 3.63) is 12.3 Å². The molecule has 0 fully saturated rings. The third-order valence-corrected chi connectivity index (χ3v) is 1.73. The average Bonchev–Trinajstić information content (AvgIpc) is 2.09. The van der Waals surface area contributed by atoms with Crippen LogP contribution in [0.25, 0.3) is 0 Å². The Balaban J connectivity index is 3.27. The van der Waals surface area contributed by atoms with Crippen LogP contribution < -0.4 is 0 Å². The van der Waals surface area contributed by atoms with Crippen molar-refractivity contribution in [3.8, 4) is 0 Å². The standard InChI is InChI=1S/C10H20O2/c1-3-4-5-10(2)6-8-12-9-7-11/h6,8,10-11H,3-5,7,9H2,1-2H3/b8-6+. The quantitative estimate of drug-likeness (QED) is 0.472. The Morgan fingerprint density at radius 1 is 1.50 bits per heavy atom. The predicted molar refractivity (Wildman–Crippen MR) is 50.9 cm³/mol. The van der Waals surface area contributed by atoms with Gasteiger partial charge in [-0.3, -0.25) is 0 Å². The minimum absolute atomic E-state index is 0.0910. The van der Waals surface area contributed by atoms with Crippen molar-refractivity contribution in [1.82, 2.24) is 0 Å². The fourth-order valence-corrected chi connectivity index (χ4v) is 0.933. The van der Waals surface area contributed by atoms with Gasteiger partial charge in [0.1, 0.15) is 6.61 Å². The number of aliphatic hydroxyl groups is 1. The van der Waals surface area contributed by atoms with E-state index < -0.39 is 0 Å². The lowest BCUT2D eigenvalue weighted by molar-refractivity contribution is 0.165. The van der Waals surface area contributed by atoms with Gasteiger partial charge in [-0.25, -0.2) is 0 Å². The number of allylic oxidation sites excluding steroid dienone is 1.